The quantitative estimate of drug-likeness (QED) is 0.721. The van der Waals surface area contributed by atoms with Crippen molar-refractivity contribution < 1.29 is 10.4 Å². The average molecular weight is 208 g/mol. The Hall–Kier alpha value is -0.860. The predicted molar refractivity (Wildman–Crippen MR) is 62.6 cm³/mol. The molecule has 1 atom stereocenters. The molecule has 0 saturated carbocycles. The van der Waals surface area contributed by atoms with E-state index in [1.807, 2.05) is 0 Å². The average Bonchev–Trinajstić information content (AvgIpc) is 2.31. The zero-order valence-corrected chi connectivity index (χ0v) is 9.74. The number of quaternary nitrogens is 1. The lowest BCUT2D eigenvalue weighted by atomic mass is 10.1. The summed E-state index contributed by atoms with van der Waals surface area (Å²) in [6, 6.07) is 9.07. The van der Waals surface area contributed by atoms with Crippen molar-refractivity contribution in [1.29, 1.82) is 0 Å². The van der Waals surface area contributed by atoms with E-state index in [1.165, 1.54) is 11.1 Å². The van der Waals surface area contributed by atoms with Crippen molar-refractivity contribution in [2.75, 3.05) is 6.61 Å². The Balaban J connectivity index is 2.43. The maximum absolute atomic E-state index is 9.05. The minimum absolute atomic E-state index is 0.267. The van der Waals surface area contributed by atoms with Crippen molar-refractivity contribution in [2.24, 2.45) is 0 Å². The summed E-state index contributed by atoms with van der Waals surface area (Å²) in [6.07, 6.45) is 2.11. The molecule has 0 aromatic heterocycles. The second kappa shape index (κ2) is 6.59. The molecule has 0 amide bonds. The fourth-order valence-corrected chi connectivity index (χ4v) is 1.58. The van der Waals surface area contributed by atoms with Crippen LogP contribution in [0.1, 0.15) is 31.4 Å². The Kier molecular flexibility index (Phi) is 5.37. The zero-order chi connectivity index (χ0) is 11.1. The molecule has 0 fully saturated rings. The standard InChI is InChI=1S/C13H21NO/c1-3-11-5-7-12(8-6-11)9-14-13(4-2)10-15/h5-8,13-15H,3-4,9-10H2,1-2H3/p+1/t13-/m0/s1. The normalized spacial score (nSPS) is 12.7. The third-order valence-corrected chi connectivity index (χ3v) is 2.88. The molecule has 0 spiro atoms. The molecule has 0 saturated heterocycles. The summed E-state index contributed by atoms with van der Waals surface area (Å²) in [5.41, 5.74) is 2.71. The Labute approximate surface area is 92.3 Å². The van der Waals surface area contributed by atoms with Crippen LogP contribution in [0.2, 0.25) is 0 Å². The first-order valence-electron chi connectivity index (χ1n) is 5.82. The van der Waals surface area contributed by atoms with Gasteiger partial charge >= 0.3 is 0 Å². The highest BCUT2D eigenvalue weighted by Gasteiger charge is 2.06. The number of hydrogen-bond donors (Lipinski definition) is 2. The number of rotatable bonds is 6. The van der Waals surface area contributed by atoms with Gasteiger partial charge in [-0.15, -0.1) is 0 Å². The molecule has 0 aliphatic carbocycles. The van der Waals surface area contributed by atoms with Crippen LogP contribution in [0.25, 0.3) is 0 Å². The van der Waals surface area contributed by atoms with E-state index in [0.29, 0.717) is 6.04 Å². The van der Waals surface area contributed by atoms with Crippen molar-refractivity contribution in [3.63, 3.8) is 0 Å². The van der Waals surface area contributed by atoms with Gasteiger partial charge in [-0.3, -0.25) is 0 Å². The van der Waals surface area contributed by atoms with Crippen molar-refractivity contribution in [2.45, 2.75) is 39.3 Å². The number of benzene rings is 1. The lowest BCUT2D eigenvalue weighted by Gasteiger charge is -2.10. The Morgan fingerprint density at radius 2 is 1.73 bits per heavy atom. The maximum Gasteiger partial charge on any atom is 0.109 e. The monoisotopic (exact) mass is 208 g/mol. The minimum atomic E-state index is 0.267. The van der Waals surface area contributed by atoms with E-state index in [-0.39, 0.29) is 6.61 Å². The Morgan fingerprint density at radius 3 is 2.20 bits per heavy atom. The minimum Gasteiger partial charge on any atom is -0.390 e. The van der Waals surface area contributed by atoms with Crippen molar-refractivity contribution in [1.82, 2.24) is 0 Å². The van der Waals surface area contributed by atoms with Crippen molar-refractivity contribution in [3.05, 3.63) is 35.4 Å². The number of aliphatic hydroxyl groups excluding tert-OH is 1. The van der Waals surface area contributed by atoms with Gasteiger partial charge in [-0.2, -0.15) is 0 Å². The topological polar surface area (TPSA) is 36.8 Å². The van der Waals surface area contributed by atoms with Crippen LogP contribution in [-0.2, 0) is 13.0 Å². The van der Waals surface area contributed by atoms with Crippen LogP contribution < -0.4 is 5.32 Å². The van der Waals surface area contributed by atoms with Crippen LogP contribution in [0.15, 0.2) is 24.3 Å². The van der Waals surface area contributed by atoms with E-state index in [4.69, 9.17) is 5.11 Å². The highest BCUT2D eigenvalue weighted by atomic mass is 16.3. The lowest BCUT2D eigenvalue weighted by Crippen LogP contribution is -2.89. The van der Waals surface area contributed by atoms with Gasteiger partial charge in [-0.25, -0.2) is 0 Å². The first kappa shape index (κ1) is 12.2. The Bertz CT molecular complexity index is 264. The second-order valence-corrected chi connectivity index (χ2v) is 3.96. The molecule has 84 valence electrons. The molecule has 0 aliphatic rings. The molecule has 0 aliphatic heterocycles. The van der Waals surface area contributed by atoms with Crippen molar-refractivity contribution in [3.8, 4) is 0 Å². The summed E-state index contributed by atoms with van der Waals surface area (Å²) in [6.45, 7) is 5.50. The summed E-state index contributed by atoms with van der Waals surface area (Å²) in [4.78, 5) is 0. The largest absolute Gasteiger partial charge is 0.390 e. The summed E-state index contributed by atoms with van der Waals surface area (Å²) in [7, 11) is 0. The molecular weight excluding hydrogens is 186 g/mol. The third-order valence-electron chi connectivity index (χ3n) is 2.88. The smallest absolute Gasteiger partial charge is 0.109 e. The number of nitrogens with two attached hydrogens (primary N) is 1. The fraction of sp³-hybridized carbons (Fsp3) is 0.538. The van der Waals surface area contributed by atoms with Gasteiger partial charge in [-0.05, 0) is 18.4 Å². The molecule has 2 heteroatoms. The number of hydrogen-bond acceptors (Lipinski definition) is 1. The molecule has 1 aromatic carbocycles. The van der Waals surface area contributed by atoms with Gasteiger partial charge in [0.1, 0.15) is 12.6 Å². The number of aliphatic hydroxyl groups is 1. The first-order chi connectivity index (χ1) is 7.30. The second-order valence-electron chi connectivity index (χ2n) is 3.96. The van der Waals surface area contributed by atoms with E-state index >= 15 is 0 Å². The molecule has 1 rings (SSSR count). The zero-order valence-electron chi connectivity index (χ0n) is 9.74. The van der Waals surface area contributed by atoms with Gasteiger partial charge in [0.15, 0.2) is 0 Å². The van der Waals surface area contributed by atoms with Gasteiger partial charge in [0.2, 0.25) is 0 Å². The maximum atomic E-state index is 9.05. The van der Waals surface area contributed by atoms with Gasteiger partial charge in [0.05, 0.1) is 6.61 Å². The lowest BCUT2D eigenvalue weighted by molar-refractivity contribution is -0.706. The molecule has 2 nitrogen and oxygen atoms in total. The summed E-state index contributed by atoms with van der Waals surface area (Å²) >= 11 is 0. The fourth-order valence-electron chi connectivity index (χ4n) is 1.58. The summed E-state index contributed by atoms with van der Waals surface area (Å²) < 4.78 is 0. The van der Waals surface area contributed by atoms with Gasteiger partial charge in [0, 0.05) is 5.56 Å². The van der Waals surface area contributed by atoms with Crippen LogP contribution in [0.3, 0.4) is 0 Å². The highest BCUT2D eigenvalue weighted by Crippen LogP contribution is 2.03. The number of aryl methyl sites for hydroxylation is 1. The van der Waals surface area contributed by atoms with Gasteiger partial charge < -0.3 is 10.4 Å². The molecule has 3 N–H and O–H groups in total. The SMILES string of the molecule is CCc1ccc(C[NH2+][C@@H](CC)CO)cc1. The van der Waals surface area contributed by atoms with Crippen LogP contribution in [-0.4, -0.2) is 17.8 Å². The molecule has 0 radical (unpaired) electrons. The molecule has 0 bridgehead atoms. The van der Waals surface area contributed by atoms with E-state index in [9.17, 15) is 0 Å². The molecular formula is C13H22NO+. The molecule has 1 aromatic rings. The van der Waals surface area contributed by atoms with Crippen molar-refractivity contribution >= 4 is 0 Å². The predicted octanol–water partition coefficient (Wildman–Crippen LogP) is 1.08. The van der Waals surface area contributed by atoms with E-state index < -0.39 is 0 Å². The van der Waals surface area contributed by atoms with Crippen LogP contribution in [0.4, 0.5) is 0 Å². The Morgan fingerprint density at radius 1 is 1.13 bits per heavy atom. The highest BCUT2D eigenvalue weighted by molar-refractivity contribution is 5.21. The van der Waals surface area contributed by atoms with Crippen LogP contribution >= 0.6 is 0 Å². The molecule has 15 heavy (non-hydrogen) atoms. The summed E-state index contributed by atoms with van der Waals surface area (Å²) in [5.74, 6) is 0. The van der Waals surface area contributed by atoms with Crippen LogP contribution in [0, 0.1) is 0 Å². The van der Waals surface area contributed by atoms with E-state index in [2.05, 4.69) is 43.4 Å². The first-order valence-corrected chi connectivity index (χ1v) is 5.82. The third kappa shape index (κ3) is 4.02. The van der Waals surface area contributed by atoms with Crippen LogP contribution in [0.5, 0.6) is 0 Å². The van der Waals surface area contributed by atoms with Gasteiger partial charge in [-0.1, -0.05) is 38.1 Å². The van der Waals surface area contributed by atoms with Gasteiger partial charge in [0.25, 0.3) is 0 Å². The van der Waals surface area contributed by atoms with E-state index in [0.717, 1.165) is 19.4 Å². The molecule has 0 heterocycles. The summed E-state index contributed by atoms with van der Waals surface area (Å²) in [5, 5.41) is 11.3. The molecule has 0 unspecified atom stereocenters. The van der Waals surface area contributed by atoms with E-state index in [1.54, 1.807) is 0 Å².